The third-order valence-electron chi connectivity index (χ3n) is 5.70. The van der Waals surface area contributed by atoms with Crippen molar-refractivity contribution in [1.82, 2.24) is 14.9 Å². The van der Waals surface area contributed by atoms with Crippen LogP contribution < -0.4 is 10.2 Å². The summed E-state index contributed by atoms with van der Waals surface area (Å²) in [7, 11) is 0. The summed E-state index contributed by atoms with van der Waals surface area (Å²) in [6.45, 7) is 7.22. The highest BCUT2D eigenvalue weighted by atomic mass is 15.3. The van der Waals surface area contributed by atoms with Crippen molar-refractivity contribution in [2.45, 2.75) is 38.6 Å². The van der Waals surface area contributed by atoms with E-state index < -0.39 is 0 Å². The van der Waals surface area contributed by atoms with Gasteiger partial charge in [0.15, 0.2) is 0 Å². The van der Waals surface area contributed by atoms with Crippen molar-refractivity contribution < 1.29 is 0 Å². The summed E-state index contributed by atoms with van der Waals surface area (Å²) in [5.41, 5.74) is 2.30. The Morgan fingerprint density at radius 1 is 1.04 bits per heavy atom. The van der Waals surface area contributed by atoms with E-state index in [1.807, 2.05) is 0 Å². The molecule has 2 aliphatic rings. The van der Waals surface area contributed by atoms with Crippen molar-refractivity contribution in [3.05, 3.63) is 53.7 Å². The summed E-state index contributed by atoms with van der Waals surface area (Å²) in [6.07, 6.45) is 9.59. The molecule has 0 atom stereocenters. The Morgan fingerprint density at radius 2 is 1.79 bits per heavy atom. The quantitative estimate of drug-likeness (QED) is 0.825. The van der Waals surface area contributed by atoms with Gasteiger partial charge < -0.3 is 10.2 Å². The lowest BCUT2D eigenvalue weighted by molar-refractivity contribution is 0.283. The van der Waals surface area contributed by atoms with Crippen LogP contribution in [0.15, 0.2) is 42.5 Å². The Labute approximate surface area is 168 Å². The third kappa shape index (κ3) is 5.10. The monoisotopic (exact) mass is 377 g/mol. The van der Waals surface area contributed by atoms with E-state index in [-0.39, 0.29) is 0 Å². The fourth-order valence-electron chi connectivity index (χ4n) is 4.09. The van der Waals surface area contributed by atoms with Gasteiger partial charge in [0.25, 0.3) is 0 Å². The Balaban J connectivity index is 1.30. The van der Waals surface area contributed by atoms with Crippen LogP contribution in [0.5, 0.6) is 0 Å². The minimum atomic E-state index is 0.544. The molecule has 28 heavy (non-hydrogen) atoms. The molecule has 4 rings (SSSR count). The summed E-state index contributed by atoms with van der Waals surface area (Å²) in [5.74, 6) is 1.86. The Kier molecular flexibility index (Phi) is 6.22. The molecule has 5 heteroatoms. The molecule has 0 bridgehead atoms. The highest BCUT2D eigenvalue weighted by Gasteiger charge is 2.20. The first-order valence-corrected chi connectivity index (χ1v) is 10.6. The van der Waals surface area contributed by atoms with Gasteiger partial charge in [-0.15, -0.1) is 0 Å². The number of hydrogen-bond donors (Lipinski definition) is 1. The van der Waals surface area contributed by atoms with Gasteiger partial charge in [0.05, 0.1) is 0 Å². The average molecular weight is 378 g/mol. The van der Waals surface area contributed by atoms with Gasteiger partial charge in [-0.1, -0.05) is 55.3 Å². The van der Waals surface area contributed by atoms with E-state index in [1.165, 1.54) is 31.2 Å². The predicted molar refractivity (Wildman–Crippen MR) is 117 cm³/mol. The molecule has 0 amide bonds. The molecule has 1 saturated heterocycles. The predicted octanol–water partition coefficient (Wildman–Crippen LogP) is 3.97. The minimum absolute atomic E-state index is 0.544. The summed E-state index contributed by atoms with van der Waals surface area (Å²) in [4.78, 5) is 14.3. The van der Waals surface area contributed by atoms with Crippen LogP contribution in [-0.2, 0) is 0 Å². The SMILES string of the molecule is Cc1cc(N2CCN(C/C=C/c3ccccc3)CC2)nc(NC2CCCC2)n1. The van der Waals surface area contributed by atoms with Crippen molar-refractivity contribution in [3.63, 3.8) is 0 Å². The van der Waals surface area contributed by atoms with E-state index in [9.17, 15) is 0 Å². The Bertz CT molecular complexity index is 775. The molecule has 1 aliphatic carbocycles. The number of benzene rings is 1. The van der Waals surface area contributed by atoms with Gasteiger partial charge >= 0.3 is 0 Å². The number of piperazine rings is 1. The maximum Gasteiger partial charge on any atom is 0.225 e. The first-order chi connectivity index (χ1) is 13.8. The molecule has 1 saturated carbocycles. The van der Waals surface area contributed by atoms with E-state index in [0.717, 1.165) is 50.2 Å². The highest BCUT2D eigenvalue weighted by Crippen LogP contribution is 2.23. The van der Waals surface area contributed by atoms with Gasteiger partial charge in [-0.2, -0.15) is 4.98 Å². The van der Waals surface area contributed by atoms with Gasteiger partial charge in [0, 0.05) is 50.5 Å². The zero-order valence-corrected chi connectivity index (χ0v) is 16.8. The molecule has 2 fully saturated rings. The molecule has 1 aromatic heterocycles. The summed E-state index contributed by atoms with van der Waals surface area (Å²) >= 11 is 0. The molecule has 1 aromatic carbocycles. The first-order valence-electron chi connectivity index (χ1n) is 10.6. The third-order valence-corrected chi connectivity index (χ3v) is 5.70. The molecule has 5 nitrogen and oxygen atoms in total. The normalized spacial score (nSPS) is 18.8. The maximum atomic E-state index is 4.82. The van der Waals surface area contributed by atoms with Gasteiger partial charge in [0.2, 0.25) is 5.95 Å². The number of rotatable bonds is 6. The molecule has 0 spiro atoms. The first kappa shape index (κ1) is 18.9. The maximum absolute atomic E-state index is 4.82. The van der Waals surface area contributed by atoms with Crippen molar-refractivity contribution >= 4 is 17.8 Å². The van der Waals surface area contributed by atoms with Gasteiger partial charge in [0.1, 0.15) is 5.82 Å². The molecule has 2 heterocycles. The van der Waals surface area contributed by atoms with E-state index in [4.69, 9.17) is 4.98 Å². The number of nitrogens with zero attached hydrogens (tertiary/aromatic N) is 4. The number of anilines is 2. The largest absolute Gasteiger partial charge is 0.354 e. The molecule has 1 aliphatic heterocycles. The van der Waals surface area contributed by atoms with Crippen LogP contribution in [0.2, 0.25) is 0 Å². The van der Waals surface area contributed by atoms with Crippen molar-refractivity contribution in [1.29, 1.82) is 0 Å². The molecule has 0 radical (unpaired) electrons. The second-order valence-corrected chi connectivity index (χ2v) is 7.92. The summed E-state index contributed by atoms with van der Waals surface area (Å²) in [6, 6.07) is 13.2. The fourth-order valence-corrected chi connectivity index (χ4v) is 4.09. The van der Waals surface area contributed by atoms with Gasteiger partial charge in [-0.25, -0.2) is 4.98 Å². The molecule has 1 N–H and O–H groups in total. The lowest BCUT2D eigenvalue weighted by atomic mass is 10.2. The molecule has 2 aromatic rings. The molecule has 148 valence electrons. The smallest absolute Gasteiger partial charge is 0.225 e. The van der Waals surface area contributed by atoms with E-state index in [0.29, 0.717) is 6.04 Å². The zero-order valence-electron chi connectivity index (χ0n) is 16.8. The van der Waals surface area contributed by atoms with E-state index >= 15 is 0 Å². The molecular weight excluding hydrogens is 346 g/mol. The highest BCUT2D eigenvalue weighted by molar-refractivity contribution is 5.49. The number of nitrogens with one attached hydrogen (secondary N) is 1. The van der Waals surface area contributed by atoms with Crippen LogP contribution in [0.25, 0.3) is 6.08 Å². The van der Waals surface area contributed by atoms with Gasteiger partial charge in [-0.3, -0.25) is 4.90 Å². The van der Waals surface area contributed by atoms with Crippen LogP contribution in [0, 0.1) is 6.92 Å². The number of aromatic nitrogens is 2. The van der Waals surface area contributed by atoms with Crippen LogP contribution in [-0.4, -0.2) is 53.6 Å². The van der Waals surface area contributed by atoms with E-state index in [2.05, 4.69) is 75.6 Å². The Hall–Kier alpha value is -2.40. The lowest BCUT2D eigenvalue weighted by Gasteiger charge is -2.35. The standard InChI is InChI=1S/C23H31N5/c1-19-18-22(26-23(24-19)25-21-11-5-6-12-21)28-16-14-27(15-17-28)13-7-10-20-8-3-2-4-9-20/h2-4,7-10,18,21H,5-6,11-17H2,1H3,(H,24,25,26)/b10-7+. The average Bonchev–Trinajstić information content (AvgIpc) is 3.22. The Morgan fingerprint density at radius 3 is 2.54 bits per heavy atom. The van der Waals surface area contributed by atoms with Crippen LogP contribution in [0.1, 0.15) is 36.9 Å². The topological polar surface area (TPSA) is 44.3 Å². The lowest BCUT2D eigenvalue weighted by Crippen LogP contribution is -2.46. The van der Waals surface area contributed by atoms with Crippen molar-refractivity contribution in [2.24, 2.45) is 0 Å². The van der Waals surface area contributed by atoms with Crippen LogP contribution in [0.3, 0.4) is 0 Å². The van der Waals surface area contributed by atoms with Gasteiger partial charge in [-0.05, 0) is 25.3 Å². The second kappa shape index (κ2) is 9.20. The van der Waals surface area contributed by atoms with Crippen molar-refractivity contribution in [2.75, 3.05) is 42.9 Å². The fraction of sp³-hybridized carbons (Fsp3) is 0.478. The van der Waals surface area contributed by atoms with Crippen LogP contribution in [0.4, 0.5) is 11.8 Å². The number of aryl methyl sites for hydroxylation is 1. The second-order valence-electron chi connectivity index (χ2n) is 7.92. The van der Waals surface area contributed by atoms with Crippen LogP contribution >= 0.6 is 0 Å². The summed E-state index contributed by atoms with van der Waals surface area (Å²) < 4.78 is 0. The molecular formula is C23H31N5. The van der Waals surface area contributed by atoms with E-state index in [1.54, 1.807) is 0 Å². The summed E-state index contributed by atoms with van der Waals surface area (Å²) in [5, 5.41) is 3.54. The van der Waals surface area contributed by atoms with Crippen molar-refractivity contribution in [3.8, 4) is 0 Å². The molecule has 0 unspecified atom stereocenters. The minimum Gasteiger partial charge on any atom is -0.354 e. The number of hydrogen-bond acceptors (Lipinski definition) is 5. The zero-order chi connectivity index (χ0) is 19.2.